The van der Waals surface area contributed by atoms with Gasteiger partial charge in [0.25, 0.3) is 0 Å². The molecule has 1 heterocycles. The summed E-state index contributed by atoms with van der Waals surface area (Å²) in [5, 5.41) is 41.6. The van der Waals surface area contributed by atoms with E-state index in [1.807, 2.05) is 6.08 Å². The highest BCUT2D eigenvalue weighted by Gasteiger charge is 2.60. The van der Waals surface area contributed by atoms with E-state index in [-0.39, 0.29) is 29.1 Å². The van der Waals surface area contributed by atoms with Crippen LogP contribution in [0.5, 0.6) is 0 Å². The van der Waals surface area contributed by atoms with Gasteiger partial charge in [0.05, 0.1) is 18.8 Å². The largest absolute Gasteiger partial charge is 0.393 e. The second kappa shape index (κ2) is 8.79. The third-order valence-electron chi connectivity index (χ3n) is 10.1. The van der Waals surface area contributed by atoms with Gasteiger partial charge < -0.3 is 29.9 Å². The molecule has 5 aliphatic rings. The van der Waals surface area contributed by atoms with E-state index in [2.05, 4.69) is 19.9 Å². The van der Waals surface area contributed by atoms with Gasteiger partial charge in [0.1, 0.15) is 18.3 Å². The molecule has 7 nitrogen and oxygen atoms in total. The Balaban J connectivity index is 1.31. The molecule has 1 saturated heterocycles. The van der Waals surface area contributed by atoms with Gasteiger partial charge in [0.2, 0.25) is 0 Å². The van der Waals surface area contributed by atoms with E-state index >= 15 is 0 Å². The maximum absolute atomic E-state index is 12.1. The normalized spacial score (nSPS) is 52.1. The van der Waals surface area contributed by atoms with Crippen molar-refractivity contribution in [3.05, 3.63) is 23.3 Å². The molecular formula is C27H40O7. The monoisotopic (exact) mass is 476 g/mol. The van der Waals surface area contributed by atoms with Crippen molar-refractivity contribution in [3.8, 4) is 0 Å². The molecule has 3 saturated carbocycles. The molecule has 0 radical (unpaired) electrons. The van der Waals surface area contributed by atoms with Crippen molar-refractivity contribution in [1.29, 1.82) is 0 Å². The van der Waals surface area contributed by atoms with Gasteiger partial charge >= 0.3 is 0 Å². The first kappa shape index (κ1) is 24.6. The van der Waals surface area contributed by atoms with Crippen LogP contribution < -0.4 is 0 Å². The molecule has 4 aliphatic carbocycles. The molecule has 34 heavy (non-hydrogen) atoms. The number of carbonyl (C=O) groups excluding carboxylic acids is 1. The lowest BCUT2D eigenvalue weighted by molar-refractivity contribution is -0.290. The van der Waals surface area contributed by atoms with E-state index in [1.54, 1.807) is 6.92 Å². The maximum atomic E-state index is 12.1. The number of allylic oxidation sites excluding steroid dienone is 2. The molecule has 4 N–H and O–H groups in total. The van der Waals surface area contributed by atoms with Gasteiger partial charge in [-0.2, -0.15) is 0 Å². The van der Waals surface area contributed by atoms with Crippen LogP contribution in [0.15, 0.2) is 23.3 Å². The summed E-state index contributed by atoms with van der Waals surface area (Å²) in [4.78, 5) is 12.1. The Labute approximate surface area is 201 Å². The number of rotatable bonds is 3. The third-order valence-corrected chi connectivity index (χ3v) is 10.1. The molecule has 11 atom stereocenters. The SMILES string of the molecule is C[C@@H]1O[C@@H](OC/C=C2\CC[C@H]3[C@@H]4CCC5=CC(=O)CC[C@]5(C)[C@H]4[C@@H](O)C[C@]23C)[C@H](O)[C@H](O)[C@H]1O. The van der Waals surface area contributed by atoms with Gasteiger partial charge in [0.15, 0.2) is 12.1 Å². The average molecular weight is 477 g/mol. The van der Waals surface area contributed by atoms with E-state index in [4.69, 9.17) is 9.47 Å². The summed E-state index contributed by atoms with van der Waals surface area (Å²) in [6.45, 7) is 6.44. The lowest BCUT2D eigenvalue weighted by Crippen LogP contribution is -2.57. The molecule has 0 unspecified atom stereocenters. The van der Waals surface area contributed by atoms with Crippen LogP contribution in [0.1, 0.15) is 65.7 Å². The highest BCUT2D eigenvalue weighted by molar-refractivity contribution is 5.91. The molecule has 190 valence electrons. The lowest BCUT2D eigenvalue weighted by Gasteiger charge is -2.59. The Kier molecular flexibility index (Phi) is 6.36. The standard InChI is InChI=1S/C27H40O7/c1-14-22(30)23(31)24(32)25(34-14)33-11-9-15-5-7-19-18-6-4-16-12-17(28)8-10-26(16,2)21(18)20(29)13-27(15,19)3/h9,12,14,18-25,29-32H,4-8,10-11,13H2,1-3H3/b15-9+/t14-,18-,19-,20-,21+,22-,23+,24+,25+,26-,27+/m0/s1. The van der Waals surface area contributed by atoms with Crippen molar-refractivity contribution < 1.29 is 34.7 Å². The van der Waals surface area contributed by atoms with Crippen molar-refractivity contribution in [2.45, 2.75) is 103 Å². The number of hydrogen-bond acceptors (Lipinski definition) is 7. The predicted molar refractivity (Wildman–Crippen MR) is 124 cm³/mol. The zero-order valence-electron chi connectivity index (χ0n) is 20.5. The molecule has 0 amide bonds. The summed E-state index contributed by atoms with van der Waals surface area (Å²) in [7, 11) is 0. The minimum atomic E-state index is -1.30. The van der Waals surface area contributed by atoms with E-state index in [0.29, 0.717) is 24.7 Å². The highest BCUT2D eigenvalue weighted by Crippen LogP contribution is 2.66. The van der Waals surface area contributed by atoms with E-state index in [0.717, 1.165) is 32.1 Å². The minimum absolute atomic E-state index is 0.0797. The van der Waals surface area contributed by atoms with Crippen molar-refractivity contribution in [3.63, 3.8) is 0 Å². The second-order valence-corrected chi connectivity index (χ2v) is 11.9. The third kappa shape index (κ3) is 3.75. The van der Waals surface area contributed by atoms with Crippen LogP contribution >= 0.6 is 0 Å². The van der Waals surface area contributed by atoms with Gasteiger partial charge in [-0.1, -0.05) is 31.1 Å². The first-order chi connectivity index (χ1) is 16.1. The van der Waals surface area contributed by atoms with Gasteiger partial charge in [-0.15, -0.1) is 0 Å². The first-order valence-electron chi connectivity index (χ1n) is 13.0. The van der Waals surface area contributed by atoms with Crippen LogP contribution in [0.3, 0.4) is 0 Å². The molecule has 0 aromatic rings. The number of ketones is 1. The maximum Gasteiger partial charge on any atom is 0.186 e. The zero-order chi connectivity index (χ0) is 24.4. The number of hydrogen-bond donors (Lipinski definition) is 4. The van der Waals surface area contributed by atoms with Crippen LogP contribution in [-0.2, 0) is 14.3 Å². The second-order valence-electron chi connectivity index (χ2n) is 11.9. The predicted octanol–water partition coefficient (Wildman–Crippen LogP) is 2.26. The minimum Gasteiger partial charge on any atom is -0.393 e. The summed E-state index contributed by atoms with van der Waals surface area (Å²) in [5.41, 5.74) is 2.37. The van der Waals surface area contributed by atoms with E-state index in [9.17, 15) is 25.2 Å². The zero-order valence-corrected chi connectivity index (χ0v) is 20.5. The fraction of sp³-hybridized carbons (Fsp3) is 0.815. The topological polar surface area (TPSA) is 116 Å². The van der Waals surface area contributed by atoms with Crippen LogP contribution in [0.25, 0.3) is 0 Å². The Morgan fingerprint density at radius 3 is 2.59 bits per heavy atom. The smallest absolute Gasteiger partial charge is 0.186 e. The number of ether oxygens (including phenoxy) is 2. The number of aliphatic hydroxyl groups excluding tert-OH is 4. The summed E-state index contributed by atoms with van der Waals surface area (Å²) < 4.78 is 11.3. The van der Waals surface area contributed by atoms with Gasteiger partial charge in [-0.3, -0.25) is 4.79 Å². The molecule has 0 bridgehead atoms. The molecule has 7 heteroatoms. The molecule has 0 aromatic heterocycles. The van der Waals surface area contributed by atoms with Crippen molar-refractivity contribution >= 4 is 5.78 Å². The molecular weight excluding hydrogens is 436 g/mol. The first-order valence-corrected chi connectivity index (χ1v) is 13.0. The summed E-state index contributed by atoms with van der Waals surface area (Å²) in [5.74, 6) is 1.37. The highest BCUT2D eigenvalue weighted by atomic mass is 16.7. The van der Waals surface area contributed by atoms with Crippen molar-refractivity contribution in [2.75, 3.05) is 6.61 Å². The van der Waals surface area contributed by atoms with Gasteiger partial charge in [0, 0.05) is 6.42 Å². The molecule has 1 aliphatic heterocycles. The molecule has 0 spiro atoms. The van der Waals surface area contributed by atoms with E-state index in [1.165, 1.54) is 11.1 Å². The van der Waals surface area contributed by atoms with Crippen LogP contribution in [0.2, 0.25) is 0 Å². The van der Waals surface area contributed by atoms with Crippen LogP contribution in [0, 0.1) is 28.6 Å². The fourth-order valence-corrected chi connectivity index (χ4v) is 8.26. The Morgan fingerprint density at radius 1 is 1.06 bits per heavy atom. The quantitative estimate of drug-likeness (QED) is 0.462. The Morgan fingerprint density at radius 2 is 1.82 bits per heavy atom. The number of carbonyl (C=O) groups is 1. The summed E-state index contributed by atoms with van der Waals surface area (Å²) in [6.07, 6.45) is 4.34. The Bertz CT molecular complexity index is 882. The van der Waals surface area contributed by atoms with Crippen LogP contribution in [-0.4, -0.2) is 69.6 Å². The molecule has 0 aromatic carbocycles. The van der Waals surface area contributed by atoms with Crippen molar-refractivity contribution in [1.82, 2.24) is 0 Å². The summed E-state index contributed by atoms with van der Waals surface area (Å²) in [6, 6.07) is 0. The van der Waals surface area contributed by atoms with Gasteiger partial charge in [-0.25, -0.2) is 0 Å². The molecule has 4 fully saturated rings. The number of fused-ring (bicyclic) bond motifs is 5. The lowest BCUT2D eigenvalue weighted by atomic mass is 9.46. The van der Waals surface area contributed by atoms with Crippen molar-refractivity contribution in [2.24, 2.45) is 28.6 Å². The molecule has 5 rings (SSSR count). The number of aliphatic hydroxyl groups is 4. The summed E-state index contributed by atoms with van der Waals surface area (Å²) >= 11 is 0. The fourth-order valence-electron chi connectivity index (χ4n) is 8.26. The van der Waals surface area contributed by atoms with Gasteiger partial charge in [-0.05, 0) is 80.1 Å². The van der Waals surface area contributed by atoms with Crippen LogP contribution in [0.4, 0.5) is 0 Å². The average Bonchev–Trinajstić information content (AvgIpc) is 3.11. The van der Waals surface area contributed by atoms with E-state index < -0.39 is 36.8 Å². The Hall–Kier alpha value is -1.09.